The molecule has 0 aliphatic carbocycles. The molecule has 106 valence electrons. The quantitative estimate of drug-likeness (QED) is 0.798. The molecule has 0 N–H and O–H groups in total. The van der Waals surface area contributed by atoms with E-state index >= 15 is 0 Å². The third kappa shape index (κ3) is 3.46. The molecule has 0 aliphatic rings. The van der Waals surface area contributed by atoms with E-state index in [1.54, 1.807) is 29.4 Å². The Kier molecular flexibility index (Phi) is 4.94. The van der Waals surface area contributed by atoms with Crippen molar-refractivity contribution in [3.63, 3.8) is 0 Å². The number of benzene rings is 1. The molecule has 1 aromatic carbocycles. The van der Waals surface area contributed by atoms with E-state index in [4.69, 9.17) is 0 Å². The van der Waals surface area contributed by atoms with Crippen molar-refractivity contribution in [2.75, 3.05) is 7.05 Å². The average molecular weight is 356 g/mol. The fraction of sp³-hybridized carbons (Fsp3) is 0.267. The van der Waals surface area contributed by atoms with Crippen LogP contribution in [0.1, 0.15) is 22.2 Å². The second-order valence-electron chi connectivity index (χ2n) is 4.67. The summed E-state index contributed by atoms with van der Waals surface area (Å²) in [5.41, 5.74) is 0.352. The number of carbonyl (C=O) groups is 1. The standard InChI is InChI=1S/C15H15BrFNOS/c1-10(8-12-4-3-7-20-12)18(2)15(19)13-9-11(17)5-6-14(13)16/h3-7,9-10H,8H2,1-2H3. The molecule has 2 aromatic rings. The Balaban J connectivity index is 2.13. The molecule has 1 aromatic heterocycles. The molecule has 1 amide bonds. The van der Waals surface area contributed by atoms with Crippen molar-refractivity contribution in [2.45, 2.75) is 19.4 Å². The van der Waals surface area contributed by atoms with Gasteiger partial charge < -0.3 is 4.90 Å². The molecule has 1 atom stereocenters. The monoisotopic (exact) mass is 355 g/mol. The van der Waals surface area contributed by atoms with E-state index in [1.165, 1.54) is 17.0 Å². The maximum Gasteiger partial charge on any atom is 0.255 e. The van der Waals surface area contributed by atoms with Gasteiger partial charge in [-0.3, -0.25) is 4.79 Å². The summed E-state index contributed by atoms with van der Waals surface area (Å²) in [4.78, 5) is 15.3. The molecule has 0 radical (unpaired) electrons. The Labute approximate surface area is 130 Å². The van der Waals surface area contributed by atoms with Crippen LogP contribution in [0, 0.1) is 5.82 Å². The minimum absolute atomic E-state index is 0.0521. The minimum Gasteiger partial charge on any atom is -0.339 e. The fourth-order valence-corrected chi connectivity index (χ4v) is 3.15. The van der Waals surface area contributed by atoms with E-state index in [0.717, 1.165) is 6.42 Å². The van der Waals surface area contributed by atoms with E-state index in [0.29, 0.717) is 10.0 Å². The molecule has 0 saturated carbocycles. The van der Waals surface area contributed by atoms with Gasteiger partial charge in [-0.25, -0.2) is 4.39 Å². The van der Waals surface area contributed by atoms with Crippen molar-refractivity contribution in [2.24, 2.45) is 0 Å². The Morgan fingerprint density at radius 2 is 2.20 bits per heavy atom. The van der Waals surface area contributed by atoms with Crippen molar-refractivity contribution in [3.8, 4) is 0 Å². The van der Waals surface area contributed by atoms with Gasteiger partial charge in [-0.15, -0.1) is 11.3 Å². The zero-order valence-electron chi connectivity index (χ0n) is 11.3. The van der Waals surface area contributed by atoms with Crippen LogP contribution in [-0.4, -0.2) is 23.9 Å². The van der Waals surface area contributed by atoms with Crippen LogP contribution in [0.15, 0.2) is 40.2 Å². The van der Waals surface area contributed by atoms with Crippen molar-refractivity contribution in [3.05, 3.63) is 56.4 Å². The highest BCUT2D eigenvalue weighted by Crippen LogP contribution is 2.21. The summed E-state index contributed by atoms with van der Waals surface area (Å²) in [6, 6.07) is 8.25. The minimum atomic E-state index is -0.407. The summed E-state index contributed by atoms with van der Waals surface area (Å²) in [5, 5.41) is 2.02. The van der Waals surface area contributed by atoms with Gasteiger partial charge >= 0.3 is 0 Å². The first-order chi connectivity index (χ1) is 9.49. The maximum atomic E-state index is 13.3. The lowest BCUT2D eigenvalue weighted by molar-refractivity contribution is 0.0742. The van der Waals surface area contributed by atoms with E-state index in [2.05, 4.69) is 22.0 Å². The number of rotatable bonds is 4. The van der Waals surface area contributed by atoms with Crippen molar-refractivity contribution in [1.82, 2.24) is 4.90 Å². The predicted molar refractivity (Wildman–Crippen MR) is 83.7 cm³/mol. The summed E-state index contributed by atoms with van der Waals surface area (Å²) in [6.45, 7) is 1.99. The molecule has 2 rings (SSSR count). The van der Waals surface area contributed by atoms with Gasteiger partial charge in [-0.2, -0.15) is 0 Å². The van der Waals surface area contributed by atoms with E-state index in [9.17, 15) is 9.18 Å². The lowest BCUT2D eigenvalue weighted by Gasteiger charge is -2.25. The molecule has 0 fully saturated rings. The number of hydrogen-bond donors (Lipinski definition) is 0. The van der Waals surface area contributed by atoms with Crippen molar-refractivity contribution < 1.29 is 9.18 Å². The molecule has 0 aliphatic heterocycles. The molecule has 1 unspecified atom stereocenters. The molecule has 1 heterocycles. The van der Waals surface area contributed by atoms with Crippen LogP contribution in [0.4, 0.5) is 4.39 Å². The number of carbonyl (C=O) groups excluding carboxylic acids is 1. The number of halogens is 2. The topological polar surface area (TPSA) is 20.3 Å². The maximum absolute atomic E-state index is 13.3. The molecule has 2 nitrogen and oxygen atoms in total. The third-order valence-electron chi connectivity index (χ3n) is 3.22. The van der Waals surface area contributed by atoms with Gasteiger partial charge in [0.1, 0.15) is 5.82 Å². The Morgan fingerprint density at radius 1 is 1.45 bits per heavy atom. The first kappa shape index (κ1) is 15.2. The zero-order valence-corrected chi connectivity index (χ0v) is 13.7. The summed E-state index contributed by atoms with van der Waals surface area (Å²) >= 11 is 4.97. The van der Waals surface area contributed by atoms with Gasteiger partial charge in [0, 0.05) is 28.9 Å². The van der Waals surface area contributed by atoms with Crippen LogP contribution < -0.4 is 0 Å². The summed E-state index contributed by atoms with van der Waals surface area (Å²) in [5.74, 6) is -0.587. The number of hydrogen-bond acceptors (Lipinski definition) is 2. The Bertz CT molecular complexity index is 600. The zero-order chi connectivity index (χ0) is 14.7. The average Bonchev–Trinajstić information content (AvgIpc) is 2.92. The lowest BCUT2D eigenvalue weighted by atomic mass is 10.1. The molecular weight excluding hydrogens is 341 g/mol. The predicted octanol–water partition coefficient (Wildman–Crippen LogP) is 4.35. The lowest BCUT2D eigenvalue weighted by Crippen LogP contribution is -2.36. The largest absolute Gasteiger partial charge is 0.339 e. The first-order valence-corrected chi connectivity index (χ1v) is 7.91. The van der Waals surface area contributed by atoms with E-state index in [1.807, 2.05) is 18.4 Å². The molecule has 20 heavy (non-hydrogen) atoms. The Morgan fingerprint density at radius 3 is 2.85 bits per heavy atom. The van der Waals surface area contributed by atoms with Crippen LogP contribution in [0.3, 0.4) is 0 Å². The number of amides is 1. The van der Waals surface area contributed by atoms with Gasteiger partial charge in [0.25, 0.3) is 5.91 Å². The second kappa shape index (κ2) is 6.50. The summed E-state index contributed by atoms with van der Waals surface area (Å²) in [6.07, 6.45) is 0.798. The molecule has 5 heteroatoms. The van der Waals surface area contributed by atoms with Crippen LogP contribution in [-0.2, 0) is 6.42 Å². The van der Waals surface area contributed by atoms with Gasteiger partial charge in [0.15, 0.2) is 0 Å². The molecule has 0 saturated heterocycles. The SMILES string of the molecule is CC(Cc1cccs1)N(C)C(=O)c1cc(F)ccc1Br. The van der Waals surface area contributed by atoms with Crippen molar-refractivity contribution in [1.29, 1.82) is 0 Å². The number of nitrogens with zero attached hydrogens (tertiary/aromatic N) is 1. The van der Waals surface area contributed by atoms with E-state index in [-0.39, 0.29) is 11.9 Å². The highest BCUT2D eigenvalue weighted by atomic mass is 79.9. The van der Waals surface area contributed by atoms with E-state index < -0.39 is 5.82 Å². The molecular formula is C15H15BrFNOS. The van der Waals surface area contributed by atoms with Crippen LogP contribution in [0.2, 0.25) is 0 Å². The van der Waals surface area contributed by atoms with Crippen LogP contribution >= 0.6 is 27.3 Å². The Hall–Kier alpha value is -1.20. The van der Waals surface area contributed by atoms with Gasteiger partial charge in [0.05, 0.1) is 5.56 Å². The van der Waals surface area contributed by atoms with Gasteiger partial charge in [-0.05, 0) is 52.5 Å². The van der Waals surface area contributed by atoms with Crippen molar-refractivity contribution >= 4 is 33.2 Å². The second-order valence-corrected chi connectivity index (χ2v) is 6.56. The normalized spacial score (nSPS) is 12.2. The van der Waals surface area contributed by atoms with Crippen LogP contribution in [0.5, 0.6) is 0 Å². The fourth-order valence-electron chi connectivity index (χ4n) is 1.91. The van der Waals surface area contributed by atoms with Gasteiger partial charge in [0.2, 0.25) is 0 Å². The third-order valence-corrected chi connectivity index (χ3v) is 4.81. The smallest absolute Gasteiger partial charge is 0.255 e. The highest BCUT2D eigenvalue weighted by molar-refractivity contribution is 9.10. The first-order valence-electron chi connectivity index (χ1n) is 6.23. The van der Waals surface area contributed by atoms with Gasteiger partial charge in [-0.1, -0.05) is 6.07 Å². The summed E-state index contributed by atoms with van der Waals surface area (Å²) in [7, 11) is 1.75. The summed E-state index contributed by atoms with van der Waals surface area (Å²) < 4.78 is 13.9. The number of thiophene rings is 1. The van der Waals surface area contributed by atoms with Crippen LogP contribution in [0.25, 0.3) is 0 Å². The molecule has 0 bridgehead atoms. The molecule has 0 spiro atoms. The highest BCUT2D eigenvalue weighted by Gasteiger charge is 2.20. The number of likely N-dealkylation sites (N-methyl/N-ethyl adjacent to an activating group) is 1.